The van der Waals surface area contributed by atoms with E-state index in [1.54, 1.807) is 35.2 Å². The third-order valence-corrected chi connectivity index (χ3v) is 5.68. The smallest absolute Gasteiger partial charge is 0.251 e. The molecule has 1 atom stereocenters. The maximum atomic E-state index is 12.5. The third-order valence-electron chi connectivity index (χ3n) is 4.64. The molecule has 0 spiro atoms. The molecule has 1 unspecified atom stereocenters. The van der Waals surface area contributed by atoms with Gasteiger partial charge in [0.2, 0.25) is 5.91 Å². The van der Waals surface area contributed by atoms with Crippen LogP contribution in [0.4, 0.5) is 5.69 Å². The van der Waals surface area contributed by atoms with Gasteiger partial charge in [0.15, 0.2) is 5.16 Å². The number of rotatable bonds is 9. The highest BCUT2D eigenvalue weighted by Crippen LogP contribution is 2.18. The zero-order valence-electron chi connectivity index (χ0n) is 17.0. The number of benzene rings is 2. The van der Waals surface area contributed by atoms with E-state index in [4.69, 9.17) is 0 Å². The van der Waals surface area contributed by atoms with E-state index < -0.39 is 0 Å². The van der Waals surface area contributed by atoms with E-state index >= 15 is 0 Å². The Labute approximate surface area is 180 Å². The van der Waals surface area contributed by atoms with Crippen LogP contribution in [-0.4, -0.2) is 38.9 Å². The molecule has 8 heteroatoms. The van der Waals surface area contributed by atoms with Crippen molar-refractivity contribution in [2.45, 2.75) is 24.4 Å². The fourth-order valence-electron chi connectivity index (χ4n) is 2.92. The van der Waals surface area contributed by atoms with Crippen molar-refractivity contribution >= 4 is 29.3 Å². The summed E-state index contributed by atoms with van der Waals surface area (Å²) in [6, 6.07) is 17.2. The van der Waals surface area contributed by atoms with Gasteiger partial charge in [0.05, 0.1) is 5.75 Å². The minimum absolute atomic E-state index is 0.153. The molecule has 2 N–H and O–H groups in total. The molecule has 3 rings (SSSR count). The Kier molecular flexibility index (Phi) is 7.62. The molecule has 0 saturated heterocycles. The maximum absolute atomic E-state index is 12.5. The van der Waals surface area contributed by atoms with Gasteiger partial charge in [-0.05, 0) is 36.1 Å². The molecular formula is C22H25N5O2S. The van der Waals surface area contributed by atoms with Gasteiger partial charge in [-0.2, -0.15) is 0 Å². The van der Waals surface area contributed by atoms with Crippen molar-refractivity contribution in [1.82, 2.24) is 20.1 Å². The number of anilines is 1. The summed E-state index contributed by atoms with van der Waals surface area (Å²) in [6.07, 6.45) is 2.44. The summed E-state index contributed by atoms with van der Waals surface area (Å²) >= 11 is 1.30. The maximum Gasteiger partial charge on any atom is 0.251 e. The molecule has 7 nitrogen and oxygen atoms in total. The monoisotopic (exact) mass is 423 g/mol. The Bertz CT molecular complexity index is 990. The largest absolute Gasteiger partial charge is 0.352 e. The molecule has 1 heterocycles. The first kappa shape index (κ1) is 21.6. The van der Waals surface area contributed by atoms with Crippen LogP contribution in [0.2, 0.25) is 0 Å². The number of aryl methyl sites for hydroxylation is 1. The van der Waals surface area contributed by atoms with Crippen molar-refractivity contribution in [3.8, 4) is 0 Å². The predicted molar refractivity (Wildman–Crippen MR) is 119 cm³/mol. The number of hydrogen-bond acceptors (Lipinski definition) is 5. The molecule has 1 aromatic heterocycles. The number of hydrogen-bond donors (Lipinski definition) is 2. The normalized spacial score (nSPS) is 11.7. The van der Waals surface area contributed by atoms with Crippen LogP contribution in [0.1, 0.15) is 35.2 Å². The molecule has 0 aliphatic heterocycles. The van der Waals surface area contributed by atoms with E-state index in [0.717, 1.165) is 6.42 Å². The number of aromatic nitrogens is 3. The van der Waals surface area contributed by atoms with Crippen molar-refractivity contribution in [3.63, 3.8) is 0 Å². The lowest BCUT2D eigenvalue weighted by atomic mass is 9.98. The highest BCUT2D eigenvalue weighted by atomic mass is 32.2. The summed E-state index contributed by atoms with van der Waals surface area (Å²) in [5.74, 6) is 0.251. The molecular weight excluding hydrogens is 398 g/mol. The van der Waals surface area contributed by atoms with E-state index in [0.29, 0.717) is 28.9 Å². The standard InChI is InChI=1S/C22H25N5O2S/c1-16(17-7-4-3-5-8-17)11-12-23-21(29)18-9-6-10-19(13-18)25-20(28)14-30-22-26-24-15-27(22)2/h3-10,13,15-16H,11-12,14H2,1-2H3,(H,23,29)(H,25,28). The summed E-state index contributed by atoms with van der Waals surface area (Å²) in [4.78, 5) is 24.7. The van der Waals surface area contributed by atoms with Crippen LogP contribution in [-0.2, 0) is 11.8 Å². The van der Waals surface area contributed by atoms with Crippen LogP contribution in [0, 0.1) is 0 Å². The Morgan fingerprint density at radius 2 is 1.93 bits per heavy atom. The molecule has 0 aliphatic carbocycles. The lowest BCUT2D eigenvalue weighted by Gasteiger charge is -2.13. The topological polar surface area (TPSA) is 88.9 Å². The molecule has 2 amide bonds. The zero-order chi connectivity index (χ0) is 21.3. The summed E-state index contributed by atoms with van der Waals surface area (Å²) in [7, 11) is 1.82. The first-order chi connectivity index (χ1) is 14.5. The molecule has 0 saturated carbocycles. The summed E-state index contributed by atoms with van der Waals surface area (Å²) in [5, 5.41) is 14.2. The van der Waals surface area contributed by atoms with Gasteiger partial charge in [-0.3, -0.25) is 9.59 Å². The van der Waals surface area contributed by atoms with E-state index in [2.05, 4.69) is 39.9 Å². The number of amides is 2. The van der Waals surface area contributed by atoms with Crippen molar-refractivity contribution in [3.05, 3.63) is 72.1 Å². The van der Waals surface area contributed by atoms with Crippen LogP contribution in [0.15, 0.2) is 66.1 Å². The second-order valence-electron chi connectivity index (χ2n) is 7.00. The Hall–Kier alpha value is -3.13. The van der Waals surface area contributed by atoms with Gasteiger partial charge in [0.1, 0.15) is 6.33 Å². The Morgan fingerprint density at radius 3 is 2.67 bits per heavy atom. The van der Waals surface area contributed by atoms with Crippen LogP contribution < -0.4 is 10.6 Å². The quantitative estimate of drug-likeness (QED) is 0.515. The fraction of sp³-hybridized carbons (Fsp3) is 0.273. The Balaban J connectivity index is 1.47. The highest BCUT2D eigenvalue weighted by molar-refractivity contribution is 7.99. The lowest BCUT2D eigenvalue weighted by molar-refractivity contribution is -0.113. The molecule has 0 fully saturated rings. The van der Waals surface area contributed by atoms with Gasteiger partial charge >= 0.3 is 0 Å². The van der Waals surface area contributed by atoms with Crippen molar-refractivity contribution < 1.29 is 9.59 Å². The van der Waals surface area contributed by atoms with Gasteiger partial charge in [-0.25, -0.2) is 0 Å². The minimum Gasteiger partial charge on any atom is -0.352 e. The number of carbonyl (C=O) groups is 2. The van der Waals surface area contributed by atoms with Crippen LogP contribution >= 0.6 is 11.8 Å². The molecule has 30 heavy (non-hydrogen) atoms. The number of thioether (sulfide) groups is 1. The average molecular weight is 424 g/mol. The summed E-state index contributed by atoms with van der Waals surface area (Å²) in [6.45, 7) is 2.73. The van der Waals surface area contributed by atoms with E-state index in [-0.39, 0.29) is 17.6 Å². The molecule has 0 radical (unpaired) electrons. The van der Waals surface area contributed by atoms with Crippen molar-refractivity contribution in [2.75, 3.05) is 17.6 Å². The SMILES string of the molecule is CC(CCNC(=O)c1cccc(NC(=O)CSc2nncn2C)c1)c1ccccc1. The van der Waals surface area contributed by atoms with Gasteiger partial charge in [0.25, 0.3) is 5.91 Å². The fourth-order valence-corrected chi connectivity index (χ4v) is 3.61. The lowest BCUT2D eigenvalue weighted by Crippen LogP contribution is -2.25. The van der Waals surface area contributed by atoms with Gasteiger partial charge in [-0.1, -0.05) is 55.1 Å². The van der Waals surface area contributed by atoms with Crippen LogP contribution in [0.25, 0.3) is 0 Å². The second-order valence-corrected chi connectivity index (χ2v) is 7.94. The van der Waals surface area contributed by atoms with Crippen LogP contribution in [0.5, 0.6) is 0 Å². The highest BCUT2D eigenvalue weighted by Gasteiger charge is 2.11. The van der Waals surface area contributed by atoms with Crippen LogP contribution in [0.3, 0.4) is 0 Å². The molecule has 156 valence electrons. The molecule has 3 aromatic rings. The second kappa shape index (κ2) is 10.6. The zero-order valence-corrected chi connectivity index (χ0v) is 17.9. The Morgan fingerprint density at radius 1 is 1.13 bits per heavy atom. The van der Waals surface area contributed by atoms with E-state index in [1.807, 2.05) is 25.2 Å². The number of nitrogens with one attached hydrogen (secondary N) is 2. The number of carbonyl (C=O) groups excluding carboxylic acids is 2. The number of nitrogens with zero attached hydrogens (tertiary/aromatic N) is 3. The van der Waals surface area contributed by atoms with Gasteiger partial charge in [0, 0.05) is 24.8 Å². The van der Waals surface area contributed by atoms with Gasteiger partial charge in [-0.15, -0.1) is 10.2 Å². The first-order valence-electron chi connectivity index (χ1n) is 9.73. The van der Waals surface area contributed by atoms with E-state index in [1.165, 1.54) is 17.3 Å². The van der Waals surface area contributed by atoms with E-state index in [9.17, 15) is 9.59 Å². The predicted octanol–water partition coefficient (Wildman–Crippen LogP) is 3.47. The third kappa shape index (κ3) is 6.18. The average Bonchev–Trinajstić information content (AvgIpc) is 3.17. The summed E-state index contributed by atoms with van der Waals surface area (Å²) in [5.41, 5.74) is 2.36. The molecule has 2 aromatic carbocycles. The van der Waals surface area contributed by atoms with Crippen molar-refractivity contribution in [1.29, 1.82) is 0 Å². The van der Waals surface area contributed by atoms with Crippen molar-refractivity contribution in [2.24, 2.45) is 7.05 Å². The first-order valence-corrected chi connectivity index (χ1v) is 10.7. The summed E-state index contributed by atoms with van der Waals surface area (Å²) < 4.78 is 1.75. The van der Waals surface area contributed by atoms with Gasteiger partial charge < -0.3 is 15.2 Å². The molecule has 0 bridgehead atoms. The minimum atomic E-state index is -0.169. The molecule has 0 aliphatic rings.